The van der Waals surface area contributed by atoms with Crippen molar-refractivity contribution in [3.05, 3.63) is 65.7 Å². The molecule has 2 aromatic rings. The van der Waals surface area contributed by atoms with Gasteiger partial charge >= 0.3 is 0 Å². The molecule has 3 atom stereocenters. The van der Waals surface area contributed by atoms with Crippen molar-refractivity contribution >= 4 is 0 Å². The summed E-state index contributed by atoms with van der Waals surface area (Å²) in [5.41, 5.74) is 2.81. The van der Waals surface area contributed by atoms with Crippen molar-refractivity contribution in [3.63, 3.8) is 0 Å². The van der Waals surface area contributed by atoms with E-state index in [2.05, 4.69) is 60.0 Å². The van der Waals surface area contributed by atoms with Gasteiger partial charge < -0.3 is 5.11 Å². The maximum absolute atomic E-state index is 10.0. The second-order valence-corrected chi connectivity index (χ2v) is 8.80. The molecule has 2 unspecified atom stereocenters. The molecular weight excluding hydrogens is 332 g/mol. The van der Waals surface area contributed by atoms with Gasteiger partial charge in [0.25, 0.3) is 0 Å². The maximum Gasteiger partial charge on any atom is 0.115 e. The number of rotatable bonds is 3. The zero-order chi connectivity index (χ0) is 18.9. The summed E-state index contributed by atoms with van der Waals surface area (Å²) >= 11 is 0. The molecular formula is C24H32N2O. The first kappa shape index (κ1) is 18.5. The highest BCUT2D eigenvalue weighted by Gasteiger charge is 2.43. The Morgan fingerprint density at radius 2 is 1.85 bits per heavy atom. The number of piperidine rings is 1. The number of fused-ring (bicyclic) bond motifs is 1. The summed E-state index contributed by atoms with van der Waals surface area (Å²) in [4.78, 5) is 5.36. The molecule has 0 saturated carbocycles. The molecule has 144 valence electrons. The fourth-order valence-electron chi connectivity index (χ4n) is 5.11. The molecule has 3 heteroatoms. The van der Waals surface area contributed by atoms with Gasteiger partial charge in [0.05, 0.1) is 0 Å². The van der Waals surface area contributed by atoms with E-state index in [1.807, 2.05) is 12.1 Å². The van der Waals surface area contributed by atoms with Gasteiger partial charge in [0.15, 0.2) is 0 Å². The predicted octanol–water partition coefficient (Wildman–Crippen LogP) is 4.27. The van der Waals surface area contributed by atoms with Crippen molar-refractivity contribution < 1.29 is 5.11 Å². The smallest absolute Gasteiger partial charge is 0.115 e. The van der Waals surface area contributed by atoms with Crippen LogP contribution in [0.1, 0.15) is 37.8 Å². The molecule has 3 nitrogen and oxygen atoms in total. The van der Waals surface area contributed by atoms with Gasteiger partial charge in [-0.05, 0) is 60.5 Å². The Kier molecular flexibility index (Phi) is 5.25. The minimum Gasteiger partial charge on any atom is -0.508 e. The molecule has 27 heavy (non-hydrogen) atoms. The normalized spacial score (nSPS) is 29.9. The van der Waals surface area contributed by atoms with Gasteiger partial charge in [-0.3, -0.25) is 9.80 Å². The largest absolute Gasteiger partial charge is 0.508 e. The highest BCUT2D eigenvalue weighted by Crippen LogP contribution is 2.43. The molecule has 2 aromatic carbocycles. The summed E-state index contributed by atoms with van der Waals surface area (Å²) in [6.45, 7) is 10.5. The number of benzene rings is 2. The van der Waals surface area contributed by atoms with Crippen LogP contribution in [0.2, 0.25) is 0 Å². The van der Waals surface area contributed by atoms with E-state index < -0.39 is 0 Å². The lowest BCUT2D eigenvalue weighted by molar-refractivity contribution is 0.0503. The van der Waals surface area contributed by atoms with Crippen molar-refractivity contribution in [2.45, 2.75) is 44.7 Å². The van der Waals surface area contributed by atoms with Crippen LogP contribution in [-0.4, -0.2) is 47.1 Å². The number of hydrogen-bond acceptors (Lipinski definition) is 3. The van der Waals surface area contributed by atoms with E-state index in [9.17, 15) is 5.11 Å². The number of hydrogen-bond donors (Lipinski definition) is 1. The molecule has 2 aliphatic heterocycles. The number of nitrogens with zero attached hydrogens (tertiary/aromatic N) is 2. The molecule has 0 radical (unpaired) electrons. The first-order valence-electron chi connectivity index (χ1n) is 10.3. The van der Waals surface area contributed by atoms with Crippen LogP contribution in [0.3, 0.4) is 0 Å². The van der Waals surface area contributed by atoms with Gasteiger partial charge in [-0.1, -0.05) is 56.3 Å². The topological polar surface area (TPSA) is 26.7 Å². The van der Waals surface area contributed by atoms with Gasteiger partial charge in [0.1, 0.15) is 5.75 Å². The van der Waals surface area contributed by atoms with Gasteiger partial charge in [-0.25, -0.2) is 0 Å². The van der Waals surface area contributed by atoms with Crippen LogP contribution >= 0.6 is 0 Å². The summed E-state index contributed by atoms with van der Waals surface area (Å²) in [6.07, 6.45) is 2.40. The Morgan fingerprint density at radius 3 is 2.63 bits per heavy atom. The van der Waals surface area contributed by atoms with Crippen LogP contribution < -0.4 is 0 Å². The van der Waals surface area contributed by atoms with Crippen LogP contribution in [0.25, 0.3) is 0 Å². The third-order valence-electron chi connectivity index (χ3n) is 6.92. The molecule has 2 aliphatic rings. The maximum atomic E-state index is 10.0. The molecule has 2 heterocycles. The Hall–Kier alpha value is -1.84. The molecule has 1 N–H and O–H groups in total. The van der Waals surface area contributed by atoms with Gasteiger partial charge in [-0.2, -0.15) is 0 Å². The minimum absolute atomic E-state index is 0.114. The summed E-state index contributed by atoms with van der Waals surface area (Å²) in [5.74, 6) is 0.964. The van der Waals surface area contributed by atoms with Crippen molar-refractivity contribution in [1.82, 2.24) is 9.80 Å². The van der Waals surface area contributed by atoms with Crippen LogP contribution in [0, 0.1) is 5.92 Å². The zero-order valence-electron chi connectivity index (χ0n) is 16.6. The summed E-state index contributed by atoms with van der Waals surface area (Å²) in [6, 6.07) is 19.4. The minimum atomic E-state index is 0.114. The van der Waals surface area contributed by atoms with Crippen LogP contribution in [0.4, 0.5) is 0 Å². The number of phenolic OH excluding ortho intramolecular Hbond substituents is 1. The Labute approximate surface area is 163 Å². The van der Waals surface area contributed by atoms with Crippen LogP contribution in [-0.2, 0) is 12.0 Å². The highest BCUT2D eigenvalue weighted by atomic mass is 16.3. The molecule has 0 bridgehead atoms. The summed E-state index contributed by atoms with van der Waals surface area (Å²) in [7, 11) is 0. The molecule has 2 saturated heterocycles. The second kappa shape index (κ2) is 7.65. The van der Waals surface area contributed by atoms with Crippen molar-refractivity contribution in [3.8, 4) is 5.75 Å². The fourth-order valence-corrected chi connectivity index (χ4v) is 5.11. The number of phenols is 1. The van der Waals surface area contributed by atoms with Crippen molar-refractivity contribution in [2.75, 3.05) is 26.2 Å². The Balaban J connectivity index is 1.54. The van der Waals surface area contributed by atoms with E-state index in [4.69, 9.17) is 0 Å². The quantitative estimate of drug-likeness (QED) is 0.881. The summed E-state index contributed by atoms with van der Waals surface area (Å²) < 4.78 is 0. The van der Waals surface area contributed by atoms with E-state index in [1.165, 1.54) is 30.6 Å². The predicted molar refractivity (Wildman–Crippen MR) is 111 cm³/mol. The second-order valence-electron chi connectivity index (χ2n) is 8.80. The van der Waals surface area contributed by atoms with Gasteiger partial charge in [0.2, 0.25) is 0 Å². The molecule has 0 aliphatic carbocycles. The lowest BCUT2D eigenvalue weighted by atomic mass is 9.66. The first-order chi connectivity index (χ1) is 13.0. The SMILES string of the molecule is CC1CN2CCCN(Cc3ccccc3)CC2C[C@@]1(C)c1cccc(O)c1. The monoisotopic (exact) mass is 364 g/mol. The standard InChI is InChI=1S/C24H32N2O/c1-19-16-26-13-7-12-25(17-20-8-4-3-5-9-20)18-22(26)15-24(19,2)21-10-6-11-23(27)14-21/h3-6,8-11,14,19,22,27H,7,12-13,15-18H2,1-2H3/t19?,22?,24-/m1/s1. The zero-order valence-corrected chi connectivity index (χ0v) is 16.6. The Bertz CT molecular complexity index is 762. The first-order valence-corrected chi connectivity index (χ1v) is 10.3. The lowest BCUT2D eigenvalue weighted by Crippen LogP contribution is -2.54. The fraction of sp³-hybridized carbons (Fsp3) is 0.500. The van der Waals surface area contributed by atoms with E-state index in [-0.39, 0.29) is 5.41 Å². The summed E-state index contributed by atoms with van der Waals surface area (Å²) in [5, 5.41) is 10.0. The van der Waals surface area contributed by atoms with Crippen molar-refractivity contribution in [1.29, 1.82) is 0 Å². The average molecular weight is 365 g/mol. The molecule has 0 aromatic heterocycles. The molecule has 4 rings (SSSR count). The van der Waals surface area contributed by atoms with Crippen LogP contribution in [0.5, 0.6) is 5.75 Å². The van der Waals surface area contributed by atoms with E-state index in [0.717, 1.165) is 26.1 Å². The molecule has 0 spiro atoms. The van der Waals surface area contributed by atoms with E-state index >= 15 is 0 Å². The van der Waals surface area contributed by atoms with Gasteiger partial charge in [-0.15, -0.1) is 0 Å². The van der Waals surface area contributed by atoms with Crippen molar-refractivity contribution in [2.24, 2.45) is 5.92 Å². The Morgan fingerprint density at radius 1 is 1.04 bits per heavy atom. The third-order valence-corrected chi connectivity index (χ3v) is 6.92. The van der Waals surface area contributed by atoms with E-state index in [0.29, 0.717) is 17.7 Å². The lowest BCUT2D eigenvalue weighted by Gasteiger charge is -2.49. The third kappa shape index (κ3) is 3.90. The molecule has 0 amide bonds. The van der Waals surface area contributed by atoms with Gasteiger partial charge in [0, 0.05) is 25.7 Å². The highest BCUT2D eigenvalue weighted by molar-refractivity contribution is 5.34. The molecule has 2 fully saturated rings. The average Bonchev–Trinajstić information content (AvgIpc) is 2.84. The van der Waals surface area contributed by atoms with E-state index in [1.54, 1.807) is 6.07 Å². The van der Waals surface area contributed by atoms with Crippen LogP contribution in [0.15, 0.2) is 54.6 Å². The number of aromatic hydroxyl groups is 1.